The zero-order valence-electron chi connectivity index (χ0n) is 13.3. The van der Waals surface area contributed by atoms with Gasteiger partial charge >= 0.3 is 0 Å². The molecule has 2 N–H and O–H groups in total. The molecular formula is C14H27N3O3S. The first-order valence-corrected chi connectivity index (χ1v) is 8.74. The fourth-order valence-electron chi connectivity index (χ4n) is 2.11. The summed E-state index contributed by atoms with van der Waals surface area (Å²) in [6.07, 6.45) is 3.31. The zero-order chi connectivity index (χ0) is 15.9. The number of hydrogen-bond acceptors (Lipinski definition) is 4. The third-order valence-electron chi connectivity index (χ3n) is 3.20. The van der Waals surface area contributed by atoms with Crippen molar-refractivity contribution in [1.29, 1.82) is 0 Å². The Labute approximate surface area is 127 Å². The Bertz CT molecular complexity index is 524. The number of aromatic nitrogens is 1. The molecule has 0 aliphatic carbocycles. The molecule has 1 aromatic heterocycles. The molecule has 1 aromatic rings. The van der Waals surface area contributed by atoms with Gasteiger partial charge in [0, 0.05) is 44.7 Å². The van der Waals surface area contributed by atoms with Gasteiger partial charge in [-0.25, -0.2) is 13.1 Å². The van der Waals surface area contributed by atoms with Crippen LogP contribution in [0.2, 0.25) is 0 Å². The molecule has 7 heteroatoms. The van der Waals surface area contributed by atoms with Gasteiger partial charge in [0.25, 0.3) is 0 Å². The molecule has 0 radical (unpaired) electrons. The minimum atomic E-state index is -3.44. The minimum absolute atomic E-state index is 0.221. The smallest absolute Gasteiger partial charge is 0.242 e. The average molecular weight is 317 g/mol. The molecule has 0 bridgehead atoms. The van der Waals surface area contributed by atoms with E-state index in [1.54, 1.807) is 19.4 Å². The first-order valence-electron chi connectivity index (χ1n) is 7.26. The second-order valence-corrected chi connectivity index (χ2v) is 7.06. The summed E-state index contributed by atoms with van der Waals surface area (Å²) >= 11 is 0. The van der Waals surface area contributed by atoms with E-state index in [0.717, 1.165) is 18.5 Å². The summed E-state index contributed by atoms with van der Waals surface area (Å²) in [4.78, 5) is 0.327. The lowest BCUT2D eigenvalue weighted by atomic mass is 10.3. The van der Waals surface area contributed by atoms with Crippen LogP contribution in [0, 0.1) is 0 Å². The van der Waals surface area contributed by atoms with Gasteiger partial charge in [0.05, 0.1) is 4.90 Å². The van der Waals surface area contributed by atoms with Crippen LogP contribution in [0.3, 0.4) is 0 Å². The first-order chi connectivity index (χ1) is 9.92. The molecular weight excluding hydrogens is 290 g/mol. The zero-order valence-corrected chi connectivity index (χ0v) is 14.2. The molecule has 0 amide bonds. The lowest BCUT2D eigenvalue weighted by molar-refractivity contribution is 0.193. The number of methoxy groups -OCH3 is 1. The second-order valence-electron chi connectivity index (χ2n) is 5.30. The number of nitrogens with one attached hydrogen (secondary N) is 2. The van der Waals surface area contributed by atoms with Crippen molar-refractivity contribution in [2.24, 2.45) is 0 Å². The maximum absolute atomic E-state index is 12.3. The Kier molecular flexibility index (Phi) is 7.37. The van der Waals surface area contributed by atoms with Crippen LogP contribution in [0.4, 0.5) is 0 Å². The molecule has 6 nitrogen and oxygen atoms in total. The van der Waals surface area contributed by atoms with Gasteiger partial charge in [-0.3, -0.25) is 0 Å². The van der Waals surface area contributed by atoms with Gasteiger partial charge in [0.1, 0.15) is 0 Å². The van der Waals surface area contributed by atoms with E-state index >= 15 is 0 Å². The third kappa shape index (κ3) is 5.43. The van der Waals surface area contributed by atoms with Crippen molar-refractivity contribution >= 4 is 10.0 Å². The molecule has 0 atom stereocenters. The van der Waals surface area contributed by atoms with Crippen molar-refractivity contribution < 1.29 is 13.2 Å². The van der Waals surface area contributed by atoms with E-state index in [1.165, 1.54) is 0 Å². The van der Waals surface area contributed by atoms with Crippen LogP contribution in [-0.4, -0.2) is 40.3 Å². The van der Waals surface area contributed by atoms with E-state index in [-0.39, 0.29) is 6.04 Å². The lowest BCUT2D eigenvalue weighted by Crippen LogP contribution is -2.24. The highest BCUT2D eigenvalue weighted by atomic mass is 32.2. The summed E-state index contributed by atoms with van der Waals surface area (Å²) < 4.78 is 34.1. The van der Waals surface area contributed by atoms with Crippen molar-refractivity contribution in [1.82, 2.24) is 14.6 Å². The van der Waals surface area contributed by atoms with Gasteiger partial charge in [-0.2, -0.15) is 0 Å². The molecule has 21 heavy (non-hydrogen) atoms. The number of rotatable bonds is 10. The highest BCUT2D eigenvalue weighted by molar-refractivity contribution is 7.89. The van der Waals surface area contributed by atoms with Crippen LogP contribution in [0.5, 0.6) is 0 Å². The molecule has 0 saturated heterocycles. The molecule has 0 spiro atoms. The van der Waals surface area contributed by atoms with Gasteiger partial charge in [-0.15, -0.1) is 0 Å². The maximum atomic E-state index is 12.3. The number of unbranched alkanes of at least 4 members (excludes halogenated alkanes) is 1. The molecule has 0 aliphatic heterocycles. The number of hydrogen-bond donors (Lipinski definition) is 2. The van der Waals surface area contributed by atoms with E-state index in [1.807, 2.05) is 25.5 Å². The van der Waals surface area contributed by atoms with Gasteiger partial charge in [-0.05, 0) is 39.8 Å². The van der Waals surface area contributed by atoms with Gasteiger partial charge < -0.3 is 14.6 Å². The summed E-state index contributed by atoms with van der Waals surface area (Å²) in [5.41, 5.74) is 0.965. The monoisotopic (exact) mass is 317 g/mol. The van der Waals surface area contributed by atoms with E-state index in [4.69, 9.17) is 4.74 Å². The summed E-state index contributed by atoms with van der Waals surface area (Å²) in [6.45, 7) is 5.79. The van der Waals surface area contributed by atoms with Gasteiger partial charge in [0.15, 0.2) is 0 Å². The minimum Gasteiger partial charge on any atom is -0.385 e. The fourth-order valence-corrected chi connectivity index (χ4v) is 3.23. The Morgan fingerprint density at radius 1 is 1.33 bits per heavy atom. The topological polar surface area (TPSA) is 72.4 Å². The summed E-state index contributed by atoms with van der Waals surface area (Å²) in [7, 11) is 0.0477. The predicted molar refractivity (Wildman–Crippen MR) is 83.9 cm³/mol. The molecule has 0 aromatic carbocycles. The number of ether oxygens (including phenoxy) is 1. The Morgan fingerprint density at radius 2 is 2.05 bits per heavy atom. The number of sulfonamides is 1. The van der Waals surface area contributed by atoms with Crippen molar-refractivity contribution in [2.45, 2.75) is 44.2 Å². The summed E-state index contributed by atoms with van der Waals surface area (Å²) in [5, 5.41) is 3.06. The molecule has 0 fully saturated rings. The largest absolute Gasteiger partial charge is 0.385 e. The average Bonchev–Trinajstić information content (AvgIpc) is 2.84. The standard InChI is InChI=1S/C14H27N3O3S/c1-12(2)17-11-14(9-13(17)10-15-3)21(18,19)16-7-5-6-8-20-4/h9,11-12,15-16H,5-8,10H2,1-4H3. The van der Waals surface area contributed by atoms with Crippen molar-refractivity contribution in [3.63, 3.8) is 0 Å². The fraction of sp³-hybridized carbons (Fsp3) is 0.714. The third-order valence-corrected chi connectivity index (χ3v) is 4.63. The van der Waals surface area contributed by atoms with Gasteiger partial charge in [0.2, 0.25) is 10.0 Å². The normalized spacial score (nSPS) is 12.2. The molecule has 122 valence electrons. The van der Waals surface area contributed by atoms with Crippen LogP contribution in [0.15, 0.2) is 17.2 Å². The number of nitrogens with zero attached hydrogens (tertiary/aromatic N) is 1. The van der Waals surface area contributed by atoms with E-state index in [0.29, 0.717) is 24.6 Å². The van der Waals surface area contributed by atoms with Crippen LogP contribution in [0.25, 0.3) is 0 Å². The molecule has 1 heterocycles. The predicted octanol–water partition coefficient (Wildman–Crippen LogP) is 1.49. The molecule has 1 rings (SSSR count). The summed E-state index contributed by atoms with van der Waals surface area (Å²) in [6, 6.07) is 1.95. The highest BCUT2D eigenvalue weighted by Crippen LogP contribution is 2.18. The van der Waals surface area contributed by atoms with Crippen LogP contribution >= 0.6 is 0 Å². The van der Waals surface area contributed by atoms with Crippen LogP contribution < -0.4 is 10.0 Å². The first kappa shape index (κ1) is 18.2. The van der Waals surface area contributed by atoms with Gasteiger partial charge in [-0.1, -0.05) is 0 Å². The van der Waals surface area contributed by atoms with Crippen molar-refractivity contribution in [3.05, 3.63) is 18.0 Å². The quantitative estimate of drug-likeness (QED) is 0.641. The van der Waals surface area contributed by atoms with Crippen molar-refractivity contribution in [2.75, 3.05) is 27.3 Å². The second kappa shape index (κ2) is 8.53. The van der Waals surface area contributed by atoms with E-state index in [2.05, 4.69) is 10.0 Å². The summed E-state index contributed by atoms with van der Waals surface area (Å²) in [5.74, 6) is 0. The Balaban J connectivity index is 2.76. The molecule has 0 unspecified atom stereocenters. The lowest BCUT2D eigenvalue weighted by Gasteiger charge is -2.12. The molecule has 0 aliphatic rings. The van der Waals surface area contributed by atoms with E-state index in [9.17, 15) is 8.42 Å². The Hall–Kier alpha value is -0.890. The van der Waals surface area contributed by atoms with Crippen molar-refractivity contribution in [3.8, 4) is 0 Å². The molecule has 0 saturated carbocycles. The SMILES string of the molecule is CNCc1cc(S(=O)(=O)NCCCCOC)cn1C(C)C. The highest BCUT2D eigenvalue weighted by Gasteiger charge is 2.18. The van der Waals surface area contributed by atoms with Crippen LogP contribution in [0.1, 0.15) is 38.4 Å². The van der Waals surface area contributed by atoms with E-state index < -0.39 is 10.0 Å². The maximum Gasteiger partial charge on any atom is 0.242 e. The van der Waals surface area contributed by atoms with Crippen LogP contribution in [-0.2, 0) is 21.3 Å². The Morgan fingerprint density at radius 3 is 2.62 bits per heavy atom.